The molecule has 4 N–H and O–H groups in total. The van der Waals surface area contributed by atoms with Crippen LogP contribution in [0, 0.1) is 5.92 Å². The molecule has 0 aliphatic heterocycles. The lowest BCUT2D eigenvalue weighted by molar-refractivity contribution is 0.133. The van der Waals surface area contributed by atoms with E-state index in [4.69, 9.17) is 4.55 Å². The van der Waals surface area contributed by atoms with Crippen LogP contribution in [0.4, 0.5) is 0 Å². The van der Waals surface area contributed by atoms with Crippen molar-refractivity contribution in [2.75, 3.05) is 6.54 Å². The number of hydrogen-bond acceptors (Lipinski definition) is 5. The third-order valence-electron chi connectivity index (χ3n) is 5.85. The molecule has 1 aromatic carbocycles. The van der Waals surface area contributed by atoms with Gasteiger partial charge in [-0.05, 0) is 31.0 Å². The molecular formula is C20H22ClN5O4S. The normalized spacial score (nSPS) is 21.5. The first kappa shape index (κ1) is 21.7. The summed E-state index contributed by atoms with van der Waals surface area (Å²) in [7, 11) is -4.28. The van der Waals surface area contributed by atoms with Crippen LogP contribution in [0.1, 0.15) is 18.9 Å². The van der Waals surface area contributed by atoms with Gasteiger partial charge < -0.3 is 14.7 Å². The van der Waals surface area contributed by atoms with Crippen LogP contribution < -0.4 is 4.72 Å². The molecule has 0 unspecified atom stereocenters. The SMILES string of the molecule is Cl.O=S(=O)(O)NC[C@@H]1C[C@@H](n2ccc3c(-c4cc5ccccc5[nH]4)ncnc32)C[C@@H]1O. The molecular weight excluding hydrogens is 442 g/mol. The minimum absolute atomic E-state index is 0. The zero-order valence-corrected chi connectivity index (χ0v) is 18.0. The van der Waals surface area contributed by atoms with E-state index in [1.165, 1.54) is 6.33 Å². The molecule has 164 valence electrons. The number of aliphatic hydroxyl groups is 1. The molecule has 1 aliphatic rings. The quantitative estimate of drug-likeness (QED) is 0.336. The van der Waals surface area contributed by atoms with Crippen molar-refractivity contribution in [1.29, 1.82) is 0 Å². The molecule has 3 aromatic heterocycles. The zero-order valence-electron chi connectivity index (χ0n) is 16.3. The van der Waals surface area contributed by atoms with Crippen LogP contribution in [-0.2, 0) is 10.3 Å². The van der Waals surface area contributed by atoms with Crippen molar-refractivity contribution >= 4 is 44.6 Å². The summed E-state index contributed by atoms with van der Waals surface area (Å²) in [5, 5.41) is 12.4. The first-order chi connectivity index (χ1) is 14.4. The fourth-order valence-electron chi connectivity index (χ4n) is 4.41. The molecule has 1 saturated carbocycles. The van der Waals surface area contributed by atoms with E-state index in [0.717, 1.165) is 33.3 Å². The van der Waals surface area contributed by atoms with E-state index in [-0.39, 0.29) is 30.9 Å². The molecule has 3 heterocycles. The highest BCUT2D eigenvalue weighted by Crippen LogP contribution is 2.38. The van der Waals surface area contributed by atoms with E-state index < -0.39 is 16.4 Å². The summed E-state index contributed by atoms with van der Waals surface area (Å²) in [5.74, 6) is -0.288. The molecule has 3 atom stereocenters. The number of aromatic amines is 1. The van der Waals surface area contributed by atoms with Crippen molar-refractivity contribution < 1.29 is 18.1 Å². The number of nitrogens with one attached hydrogen (secondary N) is 2. The number of rotatable bonds is 5. The largest absolute Gasteiger partial charge is 0.393 e. The standard InChI is InChI=1S/C20H21N5O4S.ClH/c26-18-9-14(7-13(18)10-23-30(27,28)29)25-6-5-15-19(21-11-22-20(15)25)17-8-12-3-1-2-4-16(12)24-17;/h1-6,8,11,13-14,18,23-24,26H,7,9-10H2,(H,27,28,29);1H/t13-,14+,18-;/m0./s1. The maximum absolute atomic E-state index is 11.0. The fraction of sp³-hybridized carbons (Fsp3) is 0.300. The first-order valence-corrected chi connectivity index (χ1v) is 11.1. The summed E-state index contributed by atoms with van der Waals surface area (Å²) in [6.07, 6.45) is 3.84. The van der Waals surface area contributed by atoms with Gasteiger partial charge in [0.15, 0.2) is 0 Å². The molecule has 0 radical (unpaired) electrons. The summed E-state index contributed by atoms with van der Waals surface area (Å²) < 4.78 is 34.9. The second kappa shape index (κ2) is 8.21. The number of aliphatic hydroxyl groups excluding tert-OH is 1. The van der Waals surface area contributed by atoms with Gasteiger partial charge in [-0.1, -0.05) is 18.2 Å². The lowest BCUT2D eigenvalue weighted by Gasteiger charge is -2.14. The Hall–Kier alpha value is -2.50. The highest BCUT2D eigenvalue weighted by Gasteiger charge is 2.35. The summed E-state index contributed by atoms with van der Waals surface area (Å²) in [4.78, 5) is 12.4. The number of benzene rings is 1. The van der Waals surface area contributed by atoms with Crippen LogP contribution in [0.2, 0.25) is 0 Å². The van der Waals surface area contributed by atoms with Crippen LogP contribution in [0.5, 0.6) is 0 Å². The maximum Gasteiger partial charge on any atom is 0.333 e. The van der Waals surface area contributed by atoms with Gasteiger partial charge in [0, 0.05) is 41.0 Å². The van der Waals surface area contributed by atoms with Gasteiger partial charge in [0.25, 0.3) is 0 Å². The Morgan fingerprint density at radius 1 is 1.19 bits per heavy atom. The zero-order chi connectivity index (χ0) is 20.9. The van der Waals surface area contributed by atoms with E-state index in [2.05, 4.69) is 25.7 Å². The number of hydrogen-bond donors (Lipinski definition) is 4. The van der Waals surface area contributed by atoms with Crippen LogP contribution in [0.3, 0.4) is 0 Å². The van der Waals surface area contributed by atoms with E-state index in [0.29, 0.717) is 12.8 Å². The molecule has 5 rings (SSSR count). The number of H-pyrrole nitrogens is 1. The Morgan fingerprint density at radius 2 is 2.00 bits per heavy atom. The van der Waals surface area contributed by atoms with Gasteiger partial charge in [-0.15, -0.1) is 12.4 Å². The Bertz CT molecular complexity index is 1300. The van der Waals surface area contributed by atoms with Crippen molar-refractivity contribution in [3.05, 3.63) is 48.9 Å². The average Bonchev–Trinajstić information content (AvgIpc) is 3.41. The summed E-state index contributed by atoms with van der Waals surface area (Å²) in [6, 6.07) is 12.0. The van der Waals surface area contributed by atoms with Crippen molar-refractivity contribution in [3.63, 3.8) is 0 Å². The first-order valence-electron chi connectivity index (χ1n) is 9.69. The van der Waals surface area contributed by atoms with E-state index in [1.807, 2.05) is 41.1 Å². The van der Waals surface area contributed by atoms with Gasteiger partial charge in [0.2, 0.25) is 0 Å². The second-order valence-corrected chi connectivity index (χ2v) is 8.97. The number of fused-ring (bicyclic) bond motifs is 2. The Morgan fingerprint density at radius 3 is 2.77 bits per heavy atom. The Labute approximate surface area is 184 Å². The Kier molecular flexibility index (Phi) is 5.75. The number of aromatic nitrogens is 4. The Balaban J connectivity index is 0.00000231. The van der Waals surface area contributed by atoms with Gasteiger partial charge in [-0.25, -0.2) is 9.97 Å². The predicted molar refractivity (Wildman–Crippen MR) is 119 cm³/mol. The van der Waals surface area contributed by atoms with Crippen LogP contribution in [0.25, 0.3) is 33.3 Å². The van der Waals surface area contributed by atoms with E-state index in [1.54, 1.807) is 0 Å². The molecule has 9 nitrogen and oxygen atoms in total. The third-order valence-corrected chi connectivity index (χ3v) is 6.38. The van der Waals surface area contributed by atoms with Crippen molar-refractivity contribution in [3.8, 4) is 11.4 Å². The van der Waals surface area contributed by atoms with Crippen molar-refractivity contribution in [2.45, 2.75) is 25.0 Å². The highest BCUT2D eigenvalue weighted by molar-refractivity contribution is 7.83. The molecule has 1 fully saturated rings. The minimum Gasteiger partial charge on any atom is -0.393 e. The van der Waals surface area contributed by atoms with E-state index in [9.17, 15) is 13.5 Å². The molecule has 0 saturated heterocycles. The topological polar surface area (TPSA) is 133 Å². The molecule has 0 amide bonds. The van der Waals surface area contributed by atoms with Crippen LogP contribution in [0.15, 0.2) is 48.9 Å². The number of nitrogens with zero attached hydrogens (tertiary/aromatic N) is 3. The summed E-state index contributed by atoms with van der Waals surface area (Å²) in [6.45, 7) is -0.00893. The lowest BCUT2D eigenvalue weighted by atomic mass is 10.1. The van der Waals surface area contributed by atoms with Crippen LogP contribution >= 0.6 is 12.4 Å². The highest BCUT2D eigenvalue weighted by atomic mass is 35.5. The average molecular weight is 464 g/mol. The van der Waals surface area contributed by atoms with Gasteiger partial charge in [-0.3, -0.25) is 4.55 Å². The molecule has 4 aromatic rings. The van der Waals surface area contributed by atoms with Gasteiger partial charge in [-0.2, -0.15) is 13.1 Å². The summed E-state index contributed by atoms with van der Waals surface area (Å²) in [5.41, 5.74) is 3.51. The maximum atomic E-state index is 11.0. The lowest BCUT2D eigenvalue weighted by Crippen LogP contribution is -2.31. The summed E-state index contributed by atoms with van der Waals surface area (Å²) >= 11 is 0. The molecule has 31 heavy (non-hydrogen) atoms. The number of para-hydroxylation sites is 1. The monoisotopic (exact) mass is 463 g/mol. The van der Waals surface area contributed by atoms with Gasteiger partial charge >= 0.3 is 10.3 Å². The molecule has 11 heteroatoms. The van der Waals surface area contributed by atoms with E-state index >= 15 is 0 Å². The molecule has 0 bridgehead atoms. The predicted octanol–water partition coefficient (Wildman–Crippen LogP) is 2.71. The van der Waals surface area contributed by atoms with Crippen molar-refractivity contribution in [2.24, 2.45) is 5.92 Å². The molecule has 1 aliphatic carbocycles. The minimum atomic E-state index is -4.28. The van der Waals surface area contributed by atoms with Gasteiger partial charge in [0.05, 0.1) is 17.5 Å². The second-order valence-electron chi connectivity index (χ2n) is 7.73. The smallest absolute Gasteiger partial charge is 0.333 e. The number of halogens is 1. The fourth-order valence-corrected chi connectivity index (χ4v) is 4.84. The van der Waals surface area contributed by atoms with Crippen LogP contribution in [-0.4, -0.2) is 50.2 Å². The van der Waals surface area contributed by atoms with Gasteiger partial charge in [0.1, 0.15) is 12.0 Å². The third kappa shape index (κ3) is 4.17. The molecule has 0 spiro atoms. The van der Waals surface area contributed by atoms with Crippen molar-refractivity contribution in [1.82, 2.24) is 24.2 Å².